The average molecular weight is 251 g/mol. The molecular formula is C15H25NO2. The van der Waals surface area contributed by atoms with Gasteiger partial charge in [0, 0.05) is 18.7 Å². The molecule has 0 fully saturated rings. The number of hydrogen-bond donors (Lipinski definition) is 2. The lowest BCUT2D eigenvalue weighted by Crippen LogP contribution is -2.36. The highest BCUT2D eigenvalue weighted by Crippen LogP contribution is 2.19. The zero-order valence-corrected chi connectivity index (χ0v) is 11.6. The van der Waals surface area contributed by atoms with E-state index in [0.717, 1.165) is 25.0 Å². The highest BCUT2D eigenvalue weighted by Gasteiger charge is 2.10. The fourth-order valence-corrected chi connectivity index (χ4v) is 2.23. The van der Waals surface area contributed by atoms with E-state index in [4.69, 9.17) is 9.84 Å². The summed E-state index contributed by atoms with van der Waals surface area (Å²) in [4.78, 5) is 0. The van der Waals surface area contributed by atoms with Crippen molar-refractivity contribution in [2.24, 2.45) is 0 Å². The summed E-state index contributed by atoms with van der Waals surface area (Å²) in [5.74, 6) is 0.953. The predicted molar refractivity (Wildman–Crippen MR) is 75.1 cm³/mol. The maximum atomic E-state index is 8.81. The molecular weight excluding hydrogens is 226 g/mol. The average Bonchev–Trinajstić information content (AvgIpc) is 2.36. The molecule has 0 saturated heterocycles. The molecule has 2 unspecified atom stereocenters. The molecule has 2 N–H and O–H groups in total. The van der Waals surface area contributed by atoms with Crippen molar-refractivity contribution in [3.05, 3.63) is 29.8 Å². The van der Waals surface area contributed by atoms with Crippen LogP contribution >= 0.6 is 0 Å². The van der Waals surface area contributed by atoms with Gasteiger partial charge in [0.15, 0.2) is 0 Å². The molecule has 1 rings (SSSR count). The maximum absolute atomic E-state index is 8.81. The first-order valence-electron chi connectivity index (χ1n) is 6.66. The quantitative estimate of drug-likeness (QED) is 0.745. The van der Waals surface area contributed by atoms with E-state index in [-0.39, 0.29) is 6.61 Å². The molecule has 3 heteroatoms. The highest BCUT2D eigenvalue weighted by atomic mass is 16.5. The second-order valence-electron chi connectivity index (χ2n) is 4.85. The topological polar surface area (TPSA) is 41.5 Å². The summed E-state index contributed by atoms with van der Waals surface area (Å²) in [5, 5.41) is 12.4. The third-order valence-electron chi connectivity index (χ3n) is 3.08. The van der Waals surface area contributed by atoms with E-state index in [2.05, 4.69) is 25.2 Å². The van der Waals surface area contributed by atoms with Gasteiger partial charge in [0.2, 0.25) is 0 Å². The largest absolute Gasteiger partial charge is 0.496 e. The van der Waals surface area contributed by atoms with Gasteiger partial charge >= 0.3 is 0 Å². The zero-order chi connectivity index (χ0) is 13.4. The van der Waals surface area contributed by atoms with Crippen LogP contribution in [0.4, 0.5) is 0 Å². The van der Waals surface area contributed by atoms with Gasteiger partial charge < -0.3 is 15.2 Å². The van der Waals surface area contributed by atoms with Crippen LogP contribution in [0.25, 0.3) is 0 Å². The highest BCUT2D eigenvalue weighted by molar-refractivity contribution is 5.33. The SMILES string of the molecule is COc1ccccc1CC(C)NC(C)CCCO. The standard InChI is InChI=1S/C15H25NO2/c1-12(7-6-10-17)16-13(2)11-14-8-4-5-9-15(14)18-3/h4-5,8-9,12-13,16-17H,6-7,10-11H2,1-3H3. The Morgan fingerprint density at radius 3 is 2.61 bits per heavy atom. The number of methoxy groups -OCH3 is 1. The summed E-state index contributed by atoms with van der Waals surface area (Å²) in [7, 11) is 1.71. The number of rotatable bonds is 8. The van der Waals surface area contributed by atoms with Crippen molar-refractivity contribution in [3.63, 3.8) is 0 Å². The van der Waals surface area contributed by atoms with E-state index in [1.165, 1.54) is 5.56 Å². The fourth-order valence-electron chi connectivity index (χ4n) is 2.23. The molecule has 3 nitrogen and oxygen atoms in total. The molecule has 0 aromatic heterocycles. The number of aliphatic hydroxyl groups excluding tert-OH is 1. The van der Waals surface area contributed by atoms with Crippen LogP contribution in [-0.2, 0) is 6.42 Å². The Bertz CT molecular complexity index is 341. The summed E-state index contributed by atoms with van der Waals surface area (Å²) in [6.07, 6.45) is 2.82. The Morgan fingerprint density at radius 2 is 1.94 bits per heavy atom. The third-order valence-corrected chi connectivity index (χ3v) is 3.08. The first kappa shape index (κ1) is 15.0. The van der Waals surface area contributed by atoms with Gasteiger partial charge in [0.25, 0.3) is 0 Å². The van der Waals surface area contributed by atoms with Crippen molar-refractivity contribution >= 4 is 0 Å². The molecule has 1 aromatic rings. The monoisotopic (exact) mass is 251 g/mol. The molecule has 0 spiro atoms. The van der Waals surface area contributed by atoms with Gasteiger partial charge in [-0.1, -0.05) is 18.2 Å². The van der Waals surface area contributed by atoms with Crippen LogP contribution in [0.3, 0.4) is 0 Å². The molecule has 0 radical (unpaired) electrons. The van der Waals surface area contributed by atoms with E-state index in [0.29, 0.717) is 12.1 Å². The van der Waals surface area contributed by atoms with Gasteiger partial charge in [0.05, 0.1) is 7.11 Å². The summed E-state index contributed by atoms with van der Waals surface area (Å²) in [6, 6.07) is 8.97. The number of ether oxygens (including phenoxy) is 1. The molecule has 0 saturated carbocycles. The Morgan fingerprint density at radius 1 is 1.22 bits per heavy atom. The molecule has 0 bridgehead atoms. The Balaban J connectivity index is 2.46. The first-order valence-corrected chi connectivity index (χ1v) is 6.66. The molecule has 0 aliphatic carbocycles. The van der Waals surface area contributed by atoms with Crippen LogP contribution in [0.2, 0.25) is 0 Å². The first-order chi connectivity index (χ1) is 8.67. The Labute approximate surface area is 110 Å². The van der Waals surface area contributed by atoms with Gasteiger partial charge in [0.1, 0.15) is 5.75 Å². The Hall–Kier alpha value is -1.06. The molecule has 1 aromatic carbocycles. The van der Waals surface area contributed by atoms with Crippen LogP contribution in [0, 0.1) is 0 Å². The summed E-state index contributed by atoms with van der Waals surface area (Å²) in [5.41, 5.74) is 1.23. The van der Waals surface area contributed by atoms with Crippen LogP contribution < -0.4 is 10.1 Å². The zero-order valence-electron chi connectivity index (χ0n) is 11.6. The number of benzene rings is 1. The van der Waals surface area contributed by atoms with Crippen LogP contribution in [-0.4, -0.2) is 30.9 Å². The second-order valence-corrected chi connectivity index (χ2v) is 4.85. The van der Waals surface area contributed by atoms with Crippen LogP contribution in [0.5, 0.6) is 5.75 Å². The van der Waals surface area contributed by atoms with E-state index in [1.807, 2.05) is 18.2 Å². The van der Waals surface area contributed by atoms with Crippen molar-refractivity contribution in [2.45, 2.75) is 45.2 Å². The van der Waals surface area contributed by atoms with Crippen LogP contribution in [0.15, 0.2) is 24.3 Å². The normalized spacial score (nSPS) is 14.2. The number of para-hydroxylation sites is 1. The lowest BCUT2D eigenvalue weighted by Gasteiger charge is -2.20. The minimum Gasteiger partial charge on any atom is -0.496 e. The summed E-state index contributed by atoms with van der Waals surface area (Å²) in [6.45, 7) is 4.61. The van der Waals surface area contributed by atoms with Gasteiger partial charge in [-0.15, -0.1) is 0 Å². The smallest absolute Gasteiger partial charge is 0.122 e. The van der Waals surface area contributed by atoms with Crippen molar-refractivity contribution < 1.29 is 9.84 Å². The molecule has 0 aliphatic heterocycles. The van der Waals surface area contributed by atoms with Crippen molar-refractivity contribution in [2.75, 3.05) is 13.7 Å². The molecule has 102 valence electrons. The maximum Gasteiger partial charge on any atom is 0.122 e. The van der Waals surface area contributed by atoms with Gasteiger partial charge in [-0.25, -0.2) is 0 Å². The minimum absolute atomic E-state index is 0.271. The molecule has 0 aliphatic rings. The van der Waals surface area contributed by atoms with E-state index in [9.17, 15) is 0 Å². The third kappa shape index (κ3) is 5.07. The molecule has 0 amide bonds. The molecule has 18 heavy (non-hydrogen) atoms. The van der Waals surface area contributed by atoms with Crippen molar-refractivity contribution in [1.82, 2.24) is 5.32 Å². The van der Waals surface area contributed by atoms with E-state index in [1.54, 1.807) is 7.11 Å². The number of nitrogens with one attached hydrogen (secondary N) is 1. The summed E-state index contributed by atoms with van der Waals surface area (Å²) >= 11 is 0. The fraction of sp³-hybridized carbons (Fsp3) is 0.600. The van der Waals surface area contributed by atoms with Crippen molar-refractivity contribution in [1.29, 1.82) is 0 Å². The second kappa shape index (κ2) is 8.11. The Kier molecular flexibility index (Phi) is 6.76. The van der Waals surface area contributed by atoms with Crippen molar-refractivity contribution in [3.8, 4) is 5.75 Å². The minimum atomic E-state index is 0.271. The van der Waals surface area contributed by atoms with Crippen LogP contribution in [0.1, 0.15) is 32.3 Å². The molecule has 2 atom stereocenters. The van der Waals surface area contributed by atoms with E-state index < -0.39 is 0 Å². The van der Waals surface area contributed by atoms with Gasteiger partial charge in [-0.3, -0.25) is 0 Å². The van der Waals surface area contributed by atoms with Gasteiger partial charge in [-0.05, 0) is 44.7 Å². The lowest BCUT2D eigenvalue weighted by molar-refractivity contribution is 0.274. The number of aliphatic hydroxyl groups is 1. The lowest BCUT2D eigenvalue weighted by atomic mass is 10.0. The predicted octanol–water partition coefficient (Wildman–Crippen LogP) is 2.38. The number of hydrogen-bond acceptors (Lipinski definition) is 3. The van der Waals surface area contributed by atoms with E-state index >= 15 is 0 Å². The summed E-state index contributed by atoms with van der Waals surface area (Å²) < 4.78 is 5.36. The van der Waals surface area contributed by atoms with Gasteiger partial charge in [-0.2, -0.15) is 0 Å². The molecule has 0 heterocycles.